The summed E-state index contributed by atoms with van der Waals surface area (Å²) in [6.45, 7) is 4.04. The summed E-state index contributed by atoms with van der Waals surface area (Å²) >= 11 is 3.05. The zero-order valence-corrected chi connectivity index (χ0v) is 15.1. The number of halogens is 4. The molecule has 0 saturated heterocycles. The van der Waals surface area contributed by atoms with Crippen molar-refractivity contribution < 1.29 is 13.2 Å². The van der Waals surface area contributed by atoms with Crippen molar-refractivity contribution >= 4 is 27.1 Å². The van der Waals surface area contributed by atoms with E-state index in [1.807, 2.05) is 13.8 Å². The van der Waals surface area contributed by atoms with Crippen LogP contribution in [-0.4, -0.2) is 14.5 Å². The van der Waals surface area contributed by atoms with Gasteiger partial charge in [0.2, 0.25) is 0 Å². The molecule has 0 aliphatic carbocycles. The van der Waals surface area contributed by atoms with Crippen LogP contribution in [0.15, 0.2) is 39.6 Å². The van der Waals surface area contributed by atoms with Gasteiger partial charge < -0.3 is 4.98 Å². The predicted molar refractivity (Wildman–Crippen MR) is 93.3 cm³/mol. The Labute approximate surface area is 149 Å². The monoisotopic (exact) mass is 413 g/mol. The number of hydrogen-bond donors (Lipinski definition) is 1. The Morgan fingerprint density at radius 2 is 1.88 bits per heavy atom. The van der Waals surface area contributed by atoms with Gasteiger partial charge in [-0.3, -0.25) is 4.57 Å². The lowest BCUT2D eigenvalue weighted by atomic mass is 10.1. The molecule has 0 fully saturated rings. The fourth-order valence-corrected chi connectivity index (χ4v) is 3.46. The molecule has 0 unspecified atom stereocenters. The number of fused-ring (bicyclic) bond motifs is 1. The first-order valence-corrected chi connectivity index (χ1v) is 8.44. The third kappa shape index (κ3) is 3.22. The quantitative estimate of drug-likeness (QED) is 0.668. The molecule has 8 heteroatoms. The number of alkyl halides is 3. The van der Waals surface area contributed by atoms with Crippen molar-refractivity contribution in [2.24, 2.45) is 5.92 Å². The van der Waals surface area contributed by atoms with Crippen LogP contribution in [0.4, 0.5) is 13.2 Å². The van der Waals surface area contributed by atoms with Gasteiger partial charge in [0.1, 0.15) is 0 Å². The number of imidazole rings is 1. The summed E-state index contributed by atoms with van der Waals surface area (Å²) in [5, 5.41) is 0. The summed E-state index contributed by atoms with van der Waals surface area (Å²) in [4.78, 5) is 18.9. The average Bonchev–Trinajstić information content (AvgIpc) is 2.81. The van der Waals surface area contributed by atoms with Gasteiger partial charge in [-0.1, -0.05) is 44.2 Å². The first-order chi connectivity index (χ1) is 11.7. The maximum Gasteiger partial charge on any atom is 0.419 e. The van der Waals surface area contributed by atoms with E-state index in [1.54, 1.807) is 30.3 Å². The highest BCUT2D eigenvalue weighted by Gasteiger charge is 2.38. The van der Waals surface area contributed by atoms with E-state index < -0.39 is 17.4 Å². The number of rotatable bonds is 3. The lowest BCUT2D eigenvalue weighted by molar-refractivity contribution is -0.137. The van der Waals surface area contributed by atoms with Gasteiger partial charge in [-0.25, -0.2) is 9.78 Å². The van der Waals surface area contributed by atoms with Crippen molar-refractivity contribution in [2.75, 3.05) is 0 Å². The highest BCUT2D eigenvalue weighted by Crippen LogP contribution is 2.42. The molecule has 0 aliphatic rings. The van der Waals surface area contributed by atoms with E-state index >= 15 is 0 Å². The van der Waals surface area contributed by atoms with Gasteiger partial charge in [-0.05, 0) is 21.8 Å². The van der Waals surface area contributed by atoms with E-state index in [1.165, 1.54) is 4.57 Å². The smallest absolute Gasteiger partial charge is 0.304 e. The number of benzene rings is 1. The summed E-state index contributed by atoms with van der Waals surface area (Å²) < 4.78 is 42.1. The highest BCUT2D eigenvalue weighted by molar-refractivity contribution is 9.10. The predicted octanol–water partition coefficient (Wildman–Crippen LogP) is 4.83. The van der Waals surface area contributed by atoms with Gasteiger partial charge in [0.15, 0.2) is 5.65 Å². The van der Waals surface area contributed by atoms with Crippen LogP contribution in [-0.2, 0) is 12.7 Å². The Morgan fingerprint density at radius 3 is 2.44 bits per heavy atom. The van der Waals surface area contributed by atoms with E-state index in [9.17, 15) is 18.0 Å². The molecule has 3 aromatic rings. The van der Waals surface area contributed by atoms with Gasteiger partial charge in [0, 0.05) is 12.1 Å². The molecule has 4 nitrogen and oxygen atoms in total. The largest absolute Gasteiger partial charge is 0.419 e. The molecule has 3 rings (SSSR count). The number of nitrogens with zero attached hydrogens (tertiary/aromatic N) is 2. The third-order valence-electron chi connectivity index (χ3n) is 3.73. The first kappa shape index (κ1) is 17.7. The minimum absolute atomic E-state index is 0.00748. The lowest BCUT2D eigenvalue weighted by Gasteiger charge is -2.14. The van der Waals surface area contributed by atoms with E-state index in [0.717, 1.165) is 0 Å². The summed E-state index contributed by atoms with van der Waals surface area (Å²) in [6.07, 6.45) is -4.64. The maximum absolute atomic E-state index is 13.7. The SMILES string of the molecule is CC(C)Cn1c(=O)[nH]c2c(C(F)(F)F)c(Br)c(-c3ccccc3)nc21. The molecular formula is C17H15BrF3N3O. The number of nitrogens with one attached hydrogen (secondary N) is 1. The van der Waals surface area contributed by atoms with Crippen LogP contribution in [0.25, 0.3) is 22.4 Å². The zero-order valence-electron chi connectivity index (χ0n) is 13.5. The third-order valence-corrected chi connectivity index (χ3v) is 4.50. The van der Waals surface area contributed by atoms with Crippen LogP contribution in [0, 0.1) is 5.92 Å². The van der Waals surface area contributed by atoms with Crippen LogP contribution in [0.2, 0.25) is 0 Å². The number of hydrogen-bond acceptors (Lipinski definition) is 2. The van der Waals surface area contributed by atoms with Crippen molar-refractivity contribution in [3.05, 3.63) is 50.9 Å². The Morgan fingerprint density at radius 1 is 1.24 bits per heavy atom. The molecule has 0 amide bonds. The molecule has 1 N–H and O–H groups in total. The normalized spacial score (nSPS) is 12.3. The standard InChI is InChI=1S/C17H15BrF3N3O/c1-9(2)8-24-15-14(23-16(24)25)11(17(19,20)21)12(18)13(22-15)10-6-4-3-5-7-10/h3-7,9H,8H2,1-2H3,(H,23,25). The molecule has 0 bridgehead atoms. The van der Waals surface area contributed by atoms with Crippen molar-refractivity contribution in [2.45, 2.75) is 26.6 Å². The molecular weight excluding hydrogens is 399 g/mol. The lowest BCUT2D eigenvalue weighted by Crippen LogP contribution is -2.19. The van der Waals surface area contributed by atoms with Gasteiger partial charge in [-0.2, -0.15) is 13.2 Å². The molecule has 0 spiro atoms. The fraction of sp³-hybridized carbons (Fsp3) is 0.294. The molecule has 132 valence electrons. The van der Waals surface area contributed by atoms with Crippen LogP contribution < -0.4 is 5.69 Å². The van der Waals surface area contributed by atoms with E-state index in [2.05, 4.69) is 25.9 Å². The van der Waals surface area contributed by atoms with Gasteiger partial charge in [0.05, 0.1) is 21.2 Å². The molecule has 25 heavy (non-hydrogen) atoms. The number of aromatic nitrogens is 3. The van der Waals surface area contributed by atoms with Crippen molar-refractivity contribution in [3.8, 4) is 11.3 Å². The Hall–Kier alpha value is -2.09. The molecule has 0 radical (unpaired) electrons. The minimum atomic E-state index is -4.64. The summed E-state index contributed by atoms with van der Waals surface area (Å²) in [7, 11) is 0. The summed E-state index contributed by atoms with van der Waals surface area (Å²) in [6, 6.07) is 8.57. The molecule has 0 saturated carbocycles. The number of H-pyrrole nitrogens is 1. The maximum atomic E-state index is 13.7. The first-order valence-electron chi connectivity index (χ1n) is 7.64. The topological polar surface area (TPSA) is 50.7 Å². The van der Waals surface area contributed by atoms with Crippen LogP contribution >= 0.6 is 15.9 Å². The summed E-state index contributed by atoms with van der Waals surface area (Å²) in [5.41, 5.74) is -1.13. The Bertz CT molecular complexity index is 975. The van der Waals surface area contributed by atoms with Gasteiger partial charge >= 0.3 is 11.9 Å². The second kappa shape index (κ2) is 6.33. The molecule has 2 aromatic heterocycles. The Balaban J connectivity index is 2.43. The molecule has 0 aliphatic heterocycles. The van der Waals surface area contributed by atoms with Crippen molar-refractivity contribution in [1.82, 2.24) is 14.5 Å². The molecule has 2 heterocycles. The van der Waals surface area contributed by atoms with Crippen LogP contribution in [0.1, 0.15) is 19.4 Å². The van der Waals surface area contributed by atoms with Crippen LogP contribution in [0.5, 0.6) is 0 Å². The second-order valence-electron chi connectivity index (χ2n) is 6.15. The molecule has 0 atom stereocenters. The van der Waals surface area contributed by atoms with Crippen molar-refractivity contribution in [3.63, 3.8) is 0 Å². The van der Waals surface area contributed by atoms with Crippen molar-refractivity contribution in [1.29, 1.82) is 0 Å². The van der Waals surface area contributed by atoms with Gasteiger partial charge in [0.25, 0.3) is 0 Å². The number of pyridine rings is 1. The zero-order chi connectivity index (χ0) is 18.4. The minimum Gasteiger partial charge on any atom is -0.304 e. The highest BCUT2D eigenvalue weighted by atomic mass is 79.9. The average molecular weight is 414 g/mol. The number of aromatic amines is 1. The van der Waals surface area contributed by atoms with E-state index in [-0.39, 0.29) is 33.8 Å². The Kier molecular flexibility index (Phi) is 4.49. The van der Waals surface area contributed by atoms with Crippen LogP contribution in [0.3, 0.4) is 0 Å². The summed E-state index contributed by atoms with van der Waals surface area (Å²) in [5.74, 6) is 0.0802. The van der Waals surface area contributed by atoms with Gasteiger partial charge in [-0.15, -0.1) is 0 Å². The molecule has 1 aromatic carbocycles. The van der Waals surface area contributed by atoms with E-state index in [4.69, 9.17) is 0 Å². The second-order valence-corrected chi connectivity index (χ2v) is 6.94. The van der Waals surface area contributed by atoms with E-state index in [0.29, 0.717) is 5.56 Å². The fourth-order valence-electron chi connectivity index (χ4n) is 2.72.